The third-order valence-corrected chi connectivity index (χ3v) is 2.42. The van der Waals surface area contributed by atoms with Crippen LogP contribution < -0.4 is 0 Å². The number of aliphatic hydroxyl groups is 1. The fourth-order valence-electron chi connectivity index (χ4n) is 1.73. The zero-order valence-corrected chi connectivity index (χ0v) is 8.22. The Morgan fingerprint density at radius 2 is 2.50 bits per heavy atom. The fraction of sp³-hybridized carbons (Fsp3) is 0.667. The van der Waals surface area contributed by atoms with Crippen LogP contribution in [0.25, 0.3) is 0 Å². The van der Waals surface area contributed by atoms with Crippen LogP contribution in [0.3, 0.4) is 0 Å². The molecule has 5 heteroatoms. The SMILES string of the molecule is Cn1nnc(CC2(O)C=CCCC2)n1. The first-order chi connectivity index (χ1) is 6.68. The highest BCUT2D eigenvalue weighted by Crippen LogP contribution is 2.24. The third-order valence-electron chi connectivity index (χ3n) is 2.42. The van der Waals surface area contributed by atoms with E-state index < -0.39 is 5.60 Å². The lowest BCUT2D eigenvalue weighted by Crippen LogP contribution is -2.31. The van der Waals surface area contributed by atoms with Crippen molar-refractivity contribution in [2.24, 2.45) is 7.05 Å². The van der Waals surface area contributed by atoms with E-state index in [9.17, 15) is 5.11 Å². The molecule has 76 valence electrons. The standard InChI is InChI=1S/C9H14N4O/c1-13-11-8(10-12-13)7-9(14)5-3-2-4-6-9/h3,5,14H,2,4,6-7H2,1H3. The van der Waals surface area contributed by atoms with Gasteiger partial charge in [0.1, 0.15) is 0 Å². The average Bonchev–Trinajstić information content (AvgIpc) is 2.51. The number of nitrogens with zero attached hydrogens (tertiary/aromatic N) is 4. The number of hydrogen-bond donors (Lipinski definition) is 1. The molecule has 14 heavy (non-hydrogen) atoms. The Kier molecular flexibility index (Phi) is 2.33. The Labute approximate surface area is 82.4 Å². The van der Waals surface area contributed by atoms with Crippen LogP contribution in [0, 0.1) is 0 Å². The lowest BCUT2D eigenvalue weighted by atomic mass is 9.88. The molecule has 1 unspecified atom stereocenters. The van der Waals surface area contributed by atoms with E-state index >= 15 is 0 Å². The van der Waals surface area contributed by atoms with E-state index in [0.717, 1.165) is 19.3 Å². The van der Waals surface area contributed by atoms with Crippen molar-refractivity contribution in [1.82, 2.24) is 20.2 Å². The molecule has 0 aliphatic heterocycles. The van der Waals surface area contributed by atoms with Crippen LogP contribution in [0.1, 0.15) is 25.1 Å². The van der Waals surface area contributed by atoms with E-state index in [1.165, 1.54) is 4.80 Å². The van der Waals surface area contributed by atoms with Crippen molar-refractivity contribution in [3.63, 3.8) is 0 Å². The second-order valence-corrected chi connectivity index (χ2v) is 3.77. The van der Waals surface area contributed by atoms with Gasteiger partial charge in [0.05, 0.1) is 12.6 Å². The number of aromatic nitrogens is 4. The summed E-state index contributed by atoms with van der Waals surface area (Å²) in [4.78, 5) is 1.41. The summed E-state index contributed by atoms with van der Waals surface area (Å²) in [7, 11) is 1.72. The maximum atomic E-state index is 10.1. The normalized spacial score (nSPS) is 26.7. The summed E-state index contributed by atoms with van der Waals surface area (Å²) in [5.41, 5.74) is -0.763. The largest absolute Gasteiger partial charge is 0.385 e. The number of aryl methyl sites for hydroxylation is 1. The van der Waals surface area contributed by atoms with Crippen LogP contribution in [0.15, 0.2) is 12.2 Å². The van der Waals surface area contributed by atoms with E-state index in [-0.39, 0.29) is 0 Å². The molecule has 1 aliphatic rings. The van der Waals surface area contributed by atoms with Crippen molar-refractivity contribution < 1.29 is 5.11 Å². The van der Waals surface area contributed by atoms with E-state index in [0.29, 0.717) is 12.2 Å². The van der Waals surface area contributed by atoms with Gasteiger partial charge in [0.25, 0.3) is 0 Å². The summed E-state index contributed by atoms with van der Waals surface area (Å²) >= 11 is 0. The molecule has 1 aliphatic carbocycles. The molecule has 0 fully saturated rings. The fourth-order valence-corrected chi connectivity index (χ4v) is 1.73. The van der Waals surface area contributed by atoms with Gasteiger partial charge >= 0.3 is 0 Å². The molecule has 5 nitrogen and oxygen atoms in total. The van der Waals surface area contributed by atoms with Crippen LogP contribution in [0.5, 0.6) is 0 Å². The Balaban J connectivity index is 2.09. The highest BCUT2D eigenvalue weighted by molar-refractivity contribution is 5.08. The zero-order valence-electron chi connectivity index (χ0n) is 8.22. The summed E-state index contributed by atoms with van der Waals surface area (Å²) in [6, 6.07) is 0. The first kappa shape index (κ1) is 9.33. The predicted octanol–water partition coefficient (Wildman–Crippen LogP) is 0.224. The number of allylic oxidation sites excluding steroid dienone is 1. The molecule has 0 aromatic carbocycles. The highest BCUT2D eigenvalue weighted by atomic mass is 16.3. The van der Waals surface area contributed by atoms with Gasteiger partial charge in [-0.1, -0.05) is 12.2 Å². The summed E-state index contributed by atoms with van der Waals surface area (Å²) in [6.45, 7) is 0. The average molecular weight is 194 g/mol. The number of hydrogen-bond acceptors (Lipinski definition) is 4. The topological polar surface area (TPSA) is 63.8 Å². The second kappa shape index (κ2) is 3.49. The van der Waals surface area contributed by atoms with E-state index in [1.54, 1.807) is 7.05 Å². The lowest BCUT2D eigenvalue weighted by Gasteiger charge is -2.25. The quantitative estimate of drug-likeness (QED) is 0.684. The van der Waals surface area contributed by atoms with Gasteiger partial charge in [0.15, 0.2) is 5.82 Å². The van der Waals surface area contributed by atoms with E-state index in [4.69, 9.17) is 0 Å². The van der Waals surface area contributed by atoms with Crippen LogP contribution in [0.2, 0.25) is 0 Å². The predicted molar refractivity (Wildman–Crippen MR) is 50.4 cm³/mol. The van der Waals surface area contributed by atoms with Gasteiger partial charge in [-0.2, -0.15) is 4.80 Å². The van der Waals surface area contributed by atoms with Crippen molar-refractivity contribution in [3.8, 4) is 0 Å². The van der Waals surface area contributed by atoms with Crippen LogP contribution >= 0.6 is 0 Å². The van der Waals surface area contributed by atoms with Crippen molar-refractivity contribution in [3.05, 3.63) is 18.0 Å². The van der Waals surface area contributed by atoms with Gasteiger partial charge in [-0.05, 0) is 24.5 Å². The molecule has 0 amide bonds. The molecular formula is C9H14N4O. The van der Waals surface area contributed by atoms with Crippen molar-refractivity contribution in [2.75, 3.05) is 0 Å². The first-order valence-corrected chi connectivity index (χ1v) is 4.81. The first-order valence-electron chi connectivity index (χ1n) is 4.81. The summed E-state index contributed by atoms with van der Waals surface area (Å²) in [5, 5.41) is 21.8. The molecule has 1 N–H and O–H groups in total. The lowest BCUT2D eigenvalue weighted by molar-refractivity contribution is 0.0730. The molecule has 1 atom stereocenters. The van der Waals surface area contributed by atoms with Crippen molar-refractivity contribution in [1.29, 1.82) is 0 Å². The van der Waals surface area contributed by atoms with Gasteiger partial charge in [0.2, 0.25) is 0 Å². The smallest absolute Gasteiger partial charge is 0.177 e. The van der Waals surface area contributed by atoms with Gasteiger partial charge in [-0.25, -0.2) is 0 Å². The number of tetrazole rings is 1. The van der Waals surface area contributed by atoms with Crippen LogP contribution in [-0.2, 0) is 13.5 Å². The monoisotopic (exact) mass is 194 g/mol. The molecule has 1 aromatic rings. The molecule has 0 bridgehead atoms. The Morgan fingerprint density at radius 3 is 3.07 bits per heavy atom. The Morgan fingerprint density at radius 1 is 1.64 bits per heavy atom. The number of rotatable bonds is 2. The summed E-state index contributed by atoms with van der Waals surface area (Å²) in [6.07, 6.45) is 7.18. The second-order valence-electron chi connectivity index (χ2n) is 3.77. The van der Waals surface area contributed by atoms with Gasteiger partial charge < -0.3 is 5.11 Å². The molecule has 2 rings (SSSR count). The third kappa shape index (κ3) is 1.98. The van der Waals surface area contributed by atoms with Gasteiger partial charge in [0, 0.05) is 6.42 Å². The molecular weight excluding hydrogens is 180 g/mol. The molecule has 0 saturated heterocycles. The molecule has 0 spiro atoms. The summed E-state index contributed by atoms with van der Waals surface area (Å²) < 4.78 is 0. The maximum absolute atomic E-state index is 10.1. The molecule has 1 heterocycles. The Bertz CT molecular complexity index is 346. The van der Waals surface area contributed by atoms with E-state index in [1.807, 2.05) is 12.2 Å². The highest BCUT2D eigenvalue weighted by Gasteiger charge is 2.27. The molecule has 0 radical (unpaired) electrons. The molecule has 0 saturated carbocycles. The van der Waals surface area contributed by atoms with Gasteiger partial charge in [-0.15, -0.1) is 10.2 Å². The van der Waals surface area contributed by atoms with Crippen molar-refractivity contribution in [2.45, 2.75) is 31.3 Å². The van der Waals surface area contributed by atoms with Crippen LogP contribution in [0.4, 0.5) is 0 Å². The maximum Gasteiger partial charge on any atom is 0.177 e. The van der Waals surface area contributed by atoms with Gasteiger partial charge in [-0.3, -0.25) is 0 Å². The van der Waals surface area contributed by atoms with E-state index in [2.05, 4.69) is 15.4 Å². The van der Waals surface area contributed by atoms with Crippen molar-refractivity contribution >= 4 is 0 Å². The Hall–Kier alpha value is -1.23. The minimum Gasteiger partial charge on any atom is -0.385 e. The minimum atomic E-state index is -0.763. The zero-order chi connectivity index (χ0) is 10.0. The summed E-state index contributed by atoms with van der Waals surface area (Å²) in [5.74, 6) is 0.599. The molecule has 1 aromatic heterocycles. The van der Waals surface area contributed by atoms with Crippen LogP contribution in [-0.4, -0.2) is 30.9 Å². The minimum absolute atomic E-state index is 0.456.